The molecular weight excluding hydrogens is 664 g/mol. The Labute approximate surface area is 285 Å². The molecule has 16 heteroatoms. The first-order valence-corrected chi connectivity index (χ1v) is 15.3. The van der Waals surface area contributed by atoms with E-state index in [9.17, 15) is 50.1 Å². The normalized spacial score (nSPS) is 25.8. The zero-order valence-electron chi connectivity index (χ0n) is 26.7. The van der Waals surface area contributed by atoms with Gasteiger partial charge in [0, 0.05) is 24.0 Å². The number of phenols is 3. The summed E-state index contributed by atoms with van der Waals surface area (Å²) in [7, 11) is 1.11. The fourth-order valence-electron chi connectivity index (χ4n) is 5.11. The molecule has 0 unspecified atom stereocenters. The molecule has 2 aromatic rings. The third-order valence-electron chi connectivity index (χ3n) is 7.80. The van der Waals surface area contributed by atoms with Gasteiger partial charge in [0.15, 0.2) is 17.8 Å². The second-order valence-electron chi connectivity index (χ2n) is 11.2. The Morgan fingerprint density at radius 1 is 0.920 bits per heavy atom. The van der Waals surface area contributed by atoms with Crippen LogP contribution in [0.2, 0.25) is 0 Å². The summed E-state index contributed by atoms with van der Waals surface area (Å²) in [4.78, 5) is 37.8. The van der Waals surface area contributed by atoms with Gasteiger partial charge in [0.05, 0.1) is 38.6 Å². The third-order valence-corrected chi connectivity index (χ3v) is 7.80. The molecular formula is C34H38O16. The fraction of sp³-hybridized carbons (Fsp3) is 0.382. The van der Waals surface area contributed by atoms with Crippen LogP contribution in [0, 0.1) is 5.92 Å². The van der Waals surface area contributed by atoms with Gasteiger partial charge >= 0.3 is 17.9 Å². The first-order valence-electron chi connectivity index (χ1n) is 15.3. The first-order chi connectivity index (χ1) is 23.9. The maximum Gasteiger partial charge on any atom is 0.337 e. The minimum Gasteiger partial charge on any atom is -0.508 e. The van der Waals surface area contributed by atoms with Crippen LogP contribution in [0.5, 0.6) is 17.2 Å². The van der Waals surface area contributed by atoms with E-state index in [1.807, 2.05) is 0 Å². The molecule has 0 spiro atoms. The van der Waals surface area contributed by atoms with E-state index in [0.717, 1.165) is 19.4 Å². The number of esters is 3. The van der Waals surface area contributed by atoms with Crippen molar-refractivity contribution in [3.63, 3.8) is 0 Å². The number of hydrogen-bond acceptors (Lipinski definition) is 16. The molecule has 0 aliphatic carbocycles. The molecule has 1 saturated heterocycles. The minimum atomic E-state index is -1.85. The van der Waals surface area contributed by atoms with Crippen LogP contribution in [-0.2, 0) is 49.2 Å². The Morgan fingerprint density at radius 3 is 2.34 bits per heavy atom. The van der Waals surface area contributed by atoms with Crippen molar-refractivity contribution in [3.8, 4) is 17.2 Å². The number of aromatic hydroxyl groups is 3. The van der Waals surface area contributed by atoms with Gasteiger partial charge in [-0.25, -0.2) is 9.59 Å². The third kappa shape index (κ3) is 9.81. The van der Waals surface area contributed by atoms with E-state index in [-0.39, 0.29) is 41.4 Å². The molecule has 0 amide bonds. The number of ether oxygens (including phenoxy) is 6. The fourth-order valence-corrected chi connectivity index (χ4v) is 5.11. The first kappa shape index (κ1) is 37.8. The van der Waals surface area contributed by atoms with Crippen LogP contribution in [0.3, 0.4) is 0 Å². The van der Waals surface area contributed by atoms with E-state index in [4.69, 9.17) is 28.4 Å². The lowest BCUT2D eigenvalue weighted by atomic mass is 9.86. The predicted octanol–water partition coefficient (Wildman–Crippen LogP) is 0.308. The highest BCUT2D eigenvalue weighted by Gasteiger charge is 2.47. The van der Waals surface area contributed by atoms with Gasteiger partial charge in [-0.2, -0.15) is 0 Å². The van der Waals surface area contributed by atoms with Gasteiger partial charge in [0.25, 0.3) is 0 Å². The molecule has 0 aromatic heterocycles. The Kier molecular flexibility index (Phi) is 13.3. The highest BCUT2D eigenvalue weighted by atomic mass is 16.8. The summed E-state index contributed by atoms with van der Waals surface area (Å²) in [6.45, 7) is -1.29. The molecule has 2 heterocycles. The summed E-state index contributed by atoms with van der Waals surface area (Å²) in [6.07, 6.45) is -5.57. The summed E-state index contributed by atoms with van der Waals surface area (Å²) in [5.74, 6) is -4.18. The lowest BCUT2D eigenvalue weighted by Gasteiger charge is -2.42. The molecule has 2 aliphatic heterocycles. The lowest BCUT2D eigenvalue weighted by Crippen LogP contribution is -2.60. The molecule has 7 N–H and O–H groups in total. The molecule has 1 fully saturated rings. The van der Waals surface area contributed by atoms with Crippen LogP contribution in [0.1, 0.15) is 17.5 Å². The number of hydrogen-bond donors (Lipinski definition) is 7. The molecule has 2 aromatic carbocycles. The van der Waals surface area contributed by atoms with Crippen LogP contribution in [-0.4, -0.2) is 118 Å². The summed E-state index contributed by atoms with van der Waals surface area (Å²) >= 11 is 0. The van der Waals surface area contributed by atoms with Crippen molar-refractivity contribution < 1.29 is 78.6 Å². The zero-order chi connectivity index (χ0) is 36.4. The summed E-state index contributed by atoms with van der Waals surface area (Å²) < 4.78 is 32.3. The van der Waals surface area contributed by atoms with Gasteiger partial charge in [0.2, 0.25) is 6.29 Å². The smallest absolute Gasteiger partial charge is 0.337 e. The molecule has 0 saturated carbocycles. The number of carbonyl (C=O) groups excluding carboxylic acids is 3. The zero-order valence-corrected chi connectivity index (χ0v) is 26.7. The van der Waals surface area contributed by atoms with Crippen molar-refractivity contribution in [2.24, 2.45) is 5.92 Å². The Hall–Kier alpha value is -4.97. The SMILES string of the molecule is COC(=O)C1=CO[C@@H](O[C@@H]2O[C@H](COC(=O)/C=C/c3ccc(O)cc3)[C@@H](O)[C@H](O)[C@H]2O)/C(=C\CO)[C@@H]1CC(=O)OCCc1ccc(O)c(O)c1. The second-order valence-corrected chi connectivity index (χ2v) is 11.2. The molecule has 16 nitrogen and oxygen atoms in total. The van der Waals surface area contributed by atoms with E-state index >= 15 is 0 Å². The Balaban J connectivity index is 1.43. The Morgan fingerprint density at radius 2 is 1.66 bits per heavy atom. The number of phenolic OH excluding ortho intramolecular Hbond substituents is 3. The van der Waals surface area contributed by atoms with Gasteiger partial charge in [-0.3, -0.25) is 4.79 Å². The average Bonchev–Trinajstić information content (AvgIpc) is 3.10. The van der Waals surface area contributed by atoms with Crippen LogP contribution >= 0.6 is 0 Å². The molecule has 270 valence electrons. The maximum atomic E-state index is 12.9. The summed E-state index contributed by atoms with van der Waals surface area (Å²) in [5, 5.41) is 70.1. The lowest BCUT2D eigenvalue weighted by molar-refractivity contribution is -0.328. The molecule has 4 rings (SSSR count). The van der Waals surface area contributed by atoms with Crippen molar-refractivity contribution in [2.75, 3.05) is 26.9 Å². The van der Waals surface area contributed by atoms with E-state index in [2.05, 4.69) is 0 Å². The number of rotatable bonds is 13. The molecule has 50 heavy (non-hydrogen) atoms. The van der Waals surface area contributed by atoms with Gasteiger partial charge < -0.3 is 64.2 Å². The molecule has 0 bridgehead atoms. The highest BCUT2D eigenvalue weighted by Crippen LogP contribution is 2.36. The van der Waals surface area contributed by atoms with Crippen molar-refractivity contribution >= 4 is 24.0 Å². The molecule has 7 atom stereocenters. The second kappa shape index (κ2) is 17.6. The van der Waals surface area contributed by atoms with E-state index in [0.29, 0.717) is 11.1 Å². The number of methoxy groups -OCH3 is 1. The largest absolute Gasteiger partial charge is 0.508 e. The van der Waals surface area contributed by atoms with Crippen molar-refractivity contribution in [2.45, 2.75) is 49.8 Å². The van der Waals surface area contributed by atoms with E-state index < -0.39 is 80.5 Å². The number of aliphatic hydroxyl groups is 4. The monoisotopic (exact) mass is 702 g/mol. The van der Waals surface area contributed by atoms with Gasteiger partial charge in [-0.05, 0) is 41.5 Å². The maximum absolute atomic E-state index is 12.9. The van der Waals surface area contributed by atoms with Crippen LogP contribution < -0.4 is 0 Å². The number of carbonyl (C=O) groups is 3. The quantitative estimate of drug-likeness (QED) is 0.0488. The Bertz CT molecular complexity index is 1580. The summed E-state index contributed by atoms with van der Waals surface area (Å²) in [5.41, 5.74) is 1.07. The van der Waals surface area contributed by atoms with Gasteiger partial charge in [0.1, 0.15) is 36.8 Å². The van der Waals surface area contributed by atoms with Gasteiger partial charge in [-0.15, -0.1) is 0 Å². The number of aliphatic hydroxyl groups excluding tert-OH is 4. The highest BCUT2D eigenvalue weighted by molar-refractivity contribution is 5.90. The topological polar surface area (TPSA) is 248 Å². The van der Waals surface area contributed by atoms with E-state index in [1.165, 1.54) is 42.5 Å². The van der Waals surface area contributed by atoms with Crippen LogP contribution in [0.4, 0.5) is 0 Å². The molecule has 2 aliphatic rings. The summed E-state index contributed by atoms with van der Waals surface area (Å²) in [6, 6.07) is 10.1. The molecule has 0 radical (unpaired) electrons. The number of benzene rings is 2. The van der Waals surface area contributed by atoms with Crippen LogP contribution in [0.15, 0.2) is 72.0 Å². The van der Waals surface area contributed by atoms with Crippen LogP contribution in [0.25, 0.3) is 6.08 Å². The van der Waals surface area contributed by atoms with Crippen molar-refractivity contribution in [1.82, 2.24) is 0 Å². The van der Waals surface area contributed by atoms with Crippen molar-refractivity contribution in [3.05, 3.63) is 83.2 Å². The minimum absolute atomic E-state index is 0.0366. The van der Waals surface area contributed by atoms with E-state index in [1.54, 1.807) is 12.1 Å². The standard InChI is InChI=1S/C34H38O16/c1-45-32(44)23-16-48-33(21(10-12-35)22(23)15-28(40)46-13-11-19-4-8-24(37)25(38)14-19)50-34-31(43)30(42)29(41)26(49-34)17-47-27(39)9-5-18-2-6-20(36)7-3-18/h2-10,14,16,22,26,29-31,33-38,41-43H,11-13,15,17H2,1H3/b9-5+,21-10-/t22-,26+,29+,30-,31+,33-,34-/m0/s1. The predicted molar refractivity (Wildman–Crippen MR) is 169 cm³/mol. The van der Waals surface area contributed by atoms with Crippen molar-refractivity contribution in [1.29, 1.82) is 0 Å². The average molecular weight is 703 g/mol. The van der Waals surface area contributed by atoms with Gasteiger partial charge in [-0.1, -0.05) is 24.3 Å².